The van der Waals surface area contributed by atoms with E-state index in [0.717, 1.165) is 5.56 Å². The summed E-state index contributed by atoms with van der Waals surface area (Å²) in [6.45, 7) is 0. The third-order valence-electron chi connectivity index (χ3n) is 5.30. The minimum absolute atomic E-state index is 0.295. The molecule has 0 aliphatic heterocycles. The second-order valence-corrected chi connectivity index (χ2v) is 8.53. The number of aromatic nitrogens is 1. The van der Waals surface area contributed by atoms with Crippen molar-refractivity contribution < 1.29 is 14.4 Å². The number of rotatable bonds is 8. The van der Waals surface area contributed by atoms with Gasteiger partial charge in [0.1, 0.15) is 11.9 Å². The van der Waals surface area contributed by atoms with Crippen LogP contribution in [0.4, 0.5) is 22.0 Å². The van der Waals surface area contributed by atoms with Gasteiger partial charge in [0.25, 0.3) is 5.91 Å². The zero-order chi connectivity index (χ0) is 26.0. The summed E-state index contributed by atoms with van der Waals surface area (Å²) in [7, 11) is 0. The van der Waals surface area contributed by atoms with Gasteiger partial charge in [0.15, 0.2) is 0 Å². The van der Waals surface area contributed by atoms with Crippen molar-refractivity contribution in [3.8, 4) is 0 Å². The first-order valence-electron chi connectivity index (χ1n) is 11.5. The van der Waals surface area contributed by atoms with Crippen LogP contribution in [0, 0.1) is 0 Å². The van der Waals surface area contributed by atoms with E-state index in [1.165, 1.54) is 12.3 Å². The fourth-order valence-corrected chi connectivity index (χ4v) is 3.62. The summed E-state index contributed by atoms with van der Waals surface area (Å²) in [5.41, 5.74) is 2.22. The SMILES string of the molecule is O=C(Nc1cccc(C(=O)Nc2ccc(Cl)cn2)c1)NC(Cc1ccccc1)C(=O)Nc1ccccc1. The van der Waals surface area contributed by atoms with Gasteiger partial charge in [-0.3, -0.25) is 9.59 Å². The molecule has 0 saturated carbocycles. The highest BCUT2D eigenvalue weighted by Crippen LogP contribution is 2.15. The Kier molecular flexibility index (Phi) is 8.46. The van der Waals surface area contributed by atoms with E-state index in [9.17, 15) is 14.4 Å². The Morgan fingerprint density at radius 1 is 0.757 bits per heavy atom. The van der Waals surface area contributed by atoms with Crippen LogP contribution in [-0.2, 0) is 11.2 Å². The van der Waals surface area contributed by atoms with Crippen LogP contribution < -0.4 is 21.3 Å². The summed E-state index contributed by atoms with van der Waals surface area (Å²) < 4.78 is 0. The zero-order valence-electron chi connectivity index (χ0n) is 19.6. The summed E-state index contributed by atoms with van der Waals surface area (Å²) in [6.07, 6.45) is 1.72. The number of hydrogen-bond donors (Lipinski definition) is 4. The zero-order valence-corrected chi connectivity index (χ0v) is 20.4. The maximum atomic E-state index is 13.0. The molecule has 1 atom stereocenters. The Morgan fingerprint density at radius 2 is 1.46 bits per heavy atom. The summed E-state index contributed by atoms with van der Waals surface area (Å²) in [6, 6.07) is 26.6. The molecule has 4 amide bonds. The largest absolute Gasteiger partial charge is 0.326 e. The van der Waals surface area contributed by atoms with Gasteiger partial charge in [-0.1, -0.05) is 66.2 Å². The molecule has 0 spiro atoms. The molecule has 4 rings (SSSR count). The molecular formula is C28H24ClN5O3. The molecule has 0 aliphatic carbocycles. The van der Waals surface area contributed by atoms with Gasteiger partial charge in [0.2, 0.25) is 5.91 Å². The monoisotopic (exact) mass is 513 g/mol. The number of nitrogens with one attached hydrogen (secondary N) is 4. The van der Waals surface area contributed by atoms with Gasteiger partial charge in [-0.25, -0.2) is 9.78 Å². The number of carbonyl (C=O) groups excluding carboxylic acids is 3. The molecule has 3 aromatic carbocycles. The van der Waals surface area contributed by atoms with Gasteiger partial charge in [0, 0.05) is 29.6 Å². The van der Waals surface area contributed by atoms with Crippen molar-refractivity contribution in [1.82, 2.24) is 10.3 Å². The molecule has 1 unspecified atom stereocenters. The Bertz CT molecular complexity index is 1370. The van der Waals surface area contributed by atoms with Crippen LogP contribution >= 0.6 is 11.6 Å². The average molecular weight is 514 g/mol. The molecule has 9 heteroatoms. The second kappa shape index (κ2) is 12.3. The van der Waals surface area contributed by atoms with Crippen LogP contribution in [0.3, 0.4) is 0 Å². The smallest absolute Gasteiger partial charge is 0.319 e. The first kappa shape index (κ1) is 25.4. The molecule has 37 heavy (non-hydrogen) atoms. The molecular weight excluding hydrogens is 490 g/mol. The van der Waals surface area contributed by atoms with Crippen molar-refractivity contribution >= 4 is 46.6 Å². The molecule has 1 aromatic heterocycles. The highest BCUT2D eigenvalue weighted by molar-refractivity contribution is 6.30. The van der Waals surface area contributed by atoms with Gasteiger partial charge in [0.05, 0.1) is 5.02 Å². The van der Waals surface area contributed by atoms with Crippen LogP contribution in [0.1, 0.15) is 15.9 Å². The summed E-state index contributed by atoms with van der Waals surface area (Å²) >= 11 is 5.83. The van der Waals surface area contributed by atoms with E-state index in [2.05, 4.69) is 26.3 Å². The number of anilines is 3. The van der Waals surface area contributed by atoms with E-state index in [1.807, 2.05) is 48.5 Å². The predicted molar refractivity (Wildman–Crippen MR) is 145 cm³/mol. The lowest BCUT2D eigenvalue weighted by Gasteiger charge is -2.19. The van der Waals surface area contributed by atoms with Gasteiger partial charge >= 0.3 is 6.03 Å². The summed E-state index contributed by atoms with van der Waals surface area (Å²) in [5, 5.41) is 11.4. The predicted octanol–water partition coefficient (Wildman–Crippen LogP) is 5.36. The number of nitrogens with zero attached hydrogens (tertiary/aromatic N) is 1. The molecule has 8 nitrogen and oxygen atoms in total. The number of amides is 4. The van der Waals surface area contributed by atoms with Crippen molar-refractivity contribution in [2.75, 3.05) is 16.0 Å². The fourth-order valence-electron chi connectivity index (χ4n) is 3.51. The standard InChI is InChI=1S/C28H24ClN5O3/c29-21-14-15-25(30-18-21)34-26(35)20-10-7-13-23(17-20)32-28(37)33-24(16-19-8-3-1-4-9-19)27(36)31-22-11-5-2-6-12-22/h1-15,17-18,24H,16H2,(H,31,36)(H,30,34,35)(H2,32,33,37). The fraction of sp³-hybridized carbons (Fsp3) is 0.0714. The topological polar surface area (TPSA) is 112 Å². The minimum atomic E-state index is -0.843. The number of para-hydroxylation sites is 1. The Labute approximate surface area is 219 Å². The molecule has 0 saturated heterocycles. The van der Waals surface area contributed by atoms with Crippen molar-refractivity contribution in [2.45, 2.75) is 12.5 Å². The van der Waals surface area contributed by atoms with Crippen LogP contribution in [0.15, 0.2) is 103 Å². The van der Waals surface area contributed by atoms with E-state index < -0.39 is 18.0 Å². The van der Waals surface area contributed by atoms with Crippen LogP contribution in [0.2, 0.25) is 5.02 Å². The molecule has 186 valence electrons. The number of carbonyl (C=O) groups is 3. The Balaban J connectivity index is 1.43. The number of halogens is 1. The molecule has 0 aliphatic rings. The lowest BCUT2D eigenvalue weighted by molar-refractivity contribution is -0.117. The second-order valence-electron chi connectivity index (χ2n) is 8.09. The molecule has 4 aromatic rings. The van der Waals surface area contributed by atoms with Crippen molar-refractivity contribution in [2.24, 2.45) is 0 Å². The van der Waals surface area contributed by atoms with Crippen molar-refractivity contribution in [3.05, 3.63) is 119 Å². The average Bonchev–Trinajstić information content (AvgIpc) is 2.91. The lowest BCUT2D eigenvalue weighted by atomic mass is 10.1. The van der Waals surface area contributed by atoms with Gasteiger partial charge in [-0.2, -0.15) is 0 Å². The van der Waals surface area contributed by atoms with Crippen LogP contribution in [-0.4, -0.2) is 28.9 Å². The minimum Gasteiger partial charge on any atom is -0.326 e. The van der Waals surface area contributed by atoms with Crippen LogP contribution in [0.5, 0.6) is 0 Å². The number of pyridine rings is 1. The number of benzene rings is 3. The third kappa shape index (κ3) is 7.65. The summed E-state index contributed by atoms with van der Waals surface area (Å²) in [4.78, 5) is 42.5. The van der Waals surface area contributed by atoms with Gasteiger partial charge in [-0.05, 0) is 48.0 Å². The Morgan fingerprint density at radius 3 is 2.16 bits per heavy atom. The molecule has 4 N–H and O–H groups in total. The quantitative estimate of drug-likeness (QED) is 0.254. The molecule has 0 bridgehead atoms. The van der Waals surface area contributed by atoms with E-state index in [4.69, 9.17) is 11.6 Å². The lowest BCUT2D eigenvalue weighted by Crippen LogP contribution is -2.46. The van der Waals surface area contributed by atoms with E-state index in [1.54, 1.807) is 42.5 Å². The normalized spacial score (nSPS) is 11.2. The maximum absolute atomic E-state index is 13.0. The third-order valence-corrected chi connectivity index (χ3v) is 5.52. The Hall–Kier alpha value is -4.69. The molecule has 0 radical (unpaired) electrons. The summed E-state index contributed by atoms with van der Waals surface area (Å²) in [5.74, 6) is -0.407. The van der Waals surface area contributed by atoms with Crippen molar-refractivity contribution in [1.29, 1.82) is 0 Å². The molecule has 1 heterocycles. The highest BCUT2D eigenvalue weighted by atomic mass is 35.5. The number of urea groups is 1. The molecule has 0 fully saturated rings. The van der Waals surface area contributed by atoms with E-state index in [0.29, 0.717) is 34.2 Å². The van der Waals surface area contributed by atoms with Gasteiger partial charge in [-0.15, -0.1) is 0 Å². The number of hydrogen-bond acceptors (Lipinski definition) is 4. The highest BCUT2D eigenvalue weighted by Gasteiger charge is 2.22. The first-order chi connectivity index (χ1) is 18.0. The first-order valence-corrected chi connectivity index (χ1v) is 11.8. The van der Waals surface area contributed by atoms with Crippen molar-refractivity contribution in [3.63, 3.8) is 0 Å². The van der Waals surface area contributed by atoms with Gasteiger partial charge < -0.3 is 21.3 Å². The van der Waals surface area contributed by atoms with E-state index >= 15 is 0 Å². The maximum Gasteiger partial charge on any atom is 0.319 e. The van der Waals surface area contributed by atoms with E-state index in [-0.39, 0.29) is 5.91 Å². The van der Waals surface area contributed by atoms with Crippen LogP contribution in [0.25, 0.3) is 0 Å².